The molecule has 0 saturated heterocycles. The number of rotatable bonds is 6. The van der Waals surface area contributed by atoms with Gasteiger partial charge in [-0.1, -0.05) is 50.6 Å². The van der Waals surface area contributed by atoms with Crippen LogP contribution in [-0.2, 0) is 16.6 Å². The van der Waals surface area contributed by atoms with Gasteiger partial charge in [0.15, 0.2) is 5.76 Å². The van der Waals surface area contributed by atoms with Gasteiger partial charge in [0.25, 0.3) is 0 Å². The number of anilines is 1. The lowest BCUT2D eigenvalue weighted by molar-refractivity contribution is -0.115. The number of para-hydroxylation sites is 1. The van der Waals surface area contributed by atoms with Crippen LogP contribution in [0, 0.1) is 0 Å². The van der Waals surface area contributed by atoms with Crippen LogP contribution in [0.25, 0.3) is 21.9 Å². The van der Waals surface area contributed by atoms with Gasteiger partial charge >= 0.3 is 0 Å². The first-order chi connectivity index (χ1) is 17.7. The van der Waals surface area contributed by atoms with Crippen LogP contribution >= 0.6 is 11.6 Å². The van der Waals surface area contributed by atoms with Crippen molar-refractivity contribution in [1.29, 1.82) is 0 Å². The Balaban J connectivity index is 1.48. The zero-order valence-corrected chi connectivity index (χ0v) is 21.7. The Kier molecular flexibility index (Phi) is 6.30. The van der Waals surface area contributed by atoms with Crippen molar-refractivity contribution in [3.05, 3.63) is 94.4 Å². The van der Waals surface area contributed by atoms with Gasteiger partial charge in [-0.3, -0.25) is 9.59 Å². The summed E-state index contributed by atoms with van der Waals surface area (Å²) in [6.45, 7) is 6.41. The molecule has 0 fully saturated rings. The minimum atomic E-state index is -0.403. The largest absolute Gasteiger partial charge is 0.495 e. The quantitative estimate of drug-likeness (QED) is 0.236. The number of amides is 1. The molecule has 0 aliphatic rings. The molecule has 6 nitrogen and oxygen atoms in total. The molecule has 0 saturated carbocycles. The van der Waals surface area contributed by atoms with Crippen LogP contribution in [-0.4, -0.2) is 18.8 Å². The summed E-state index contributed by atoms with van der Waals surface area (Å²) in [5.41, 5.74) is 3.72. The van der Waals surface area contributed by atoms with Crippen molar-refractivity contribution in [1.82, 2.24) is 0 Å². The number of carbonyl (C=O) groups excluding carboxylic acids is 2. The van der Waals surface area contributed by atoms with Crippen molar-refractivity contribution in [3.63, 3.8) is 0 Å². The predicted molar refractivity (Wildman–Crippen MR) is 145 cm³/mol. The average molecular weight is 516 g/mol. The first-order valence-electron chi connectivity index (χ1n) is 11.9. The third-order valence-electron chi connectivity index (χ3n) is 6.35. The first kappa shape index (κ1) is 24.7. The van der Waals surface area contributed by atoms with Crippen molar-refractivity contribution in [2.75, 3.05) is 12.4 Å². The minimum absolute atomic E-state index is 0.0304. The molecule has 0 aliphatic heterocycles. The third-order valence-corrected chi connectivity index (χ3v) is 6.65. The van der Waals surface area contributed by atoms with Crippen LogP contribution in [0.2, 0.25) is 5.02 Å². The molecule has 0 atom stereocenters. The first-order valence-corrected chi connectivity index (χ1v) is 12.2. The number of nitrogens with one attached hydrogen (secondary N) is 1. The summed E-state index contributed by atoms with van der Waals surface area (Å²) in [6, 6.07) is 18.0. The summed E-state index contributed by atoms with van der Waals surface area (Å²) >= 11 is 6.24. The van der Waals surface area contributed by atoms with E-state index >= 15 is 0 Å². The number of fused-ring (bicyclic) bond motifs is 2. The molecule has 2 heterocycles. The Labute approximate surface area is 219 Å². The van der Waals surface area contributed by atoms with Gasteiger partial charge in [-0.25, -0.2) is 0 Å². The predicted octanol–water partition coefficient (Wildman–Crippen LogP) is 7.55. The highest BCUT2D eigenvalue weighted by Crippen LogP contribution is 2.35. The van der Waals surface area contributed by atoms with Gasteiger partial charge in [0.1, 0.15) is 16.9 Å². The van der Waals surface area contributed by atoms with Crippen molar-refractivity contribution < 1.29 is 23.2 Å². The van der Waals surface area contributed by atoms with E-state index in [-0.39, 0.29) is 23.5 Å². The van der Waals surface area contributed by atoms with E-state index in [1.807, 2.05) is 18.2 Å². The zero-order valence-electron chi connectivity index (χ0n) is 21.0. The van der Waals surface area contributed by atoms with Gasteiger partial charge < -0.3 is 18.9 Å². The summed E-state index contributed by atoms with van der Waals surface area (Å²) < 4.78 is 16.8. The lowest BCUT2D eigenvalue weighted by Crippen LogP contribution is -2.16. The molecule has 0 spiro atoms. The summed E-state index contributed by atoms with van der Waals surface area (Å²) in [6.07, 6.45) is 1.68. The molecule has 3 aromatic carbocycles. The highest BCUT2D eigenvalue weighted by Gasteiger charge is 2.25. The number of hydrogen-bond acceptors (Lipinski definition) is 5. The number of ketones is 1. The molecule has 5 aromatic rings. The Morgan fingerprint density at radius 1 is 0.973 bits per heavy atom. The second kappa shape index (κ2) is 9.45. The summed E-state index contributed by atoms with van der Waals surface area (Å²) in [7, 11) is 1.50. The molecule has 7 heteroatoms. The lowest BCUT2D eigenvalue weighted by Gasteiger charge is -2.18. The van der Waals surface area contributed by atoms with E-state index in [0.29, 0.717) is 33.0 Å². The van der Waals surface area contributed by atoms with Crippen LogP contribution in [0.4, 0.5) is 5.69 Å². The molecule has 0 radical (unpaired) electrons. The van der Waals surface area contributed by atoms with E-state index in [4.69, 9.17) is 25.2 Å². The SMILES string of the molecule is COc1ccc(C(=O)c2oc3ccccc3c2NC(=O)Cc2coc3ccc(C(C)(C)C)cc23)cc1Cl. The van der Waals surface area contributed by atoms with Gasteiger partial charge in [-0.15, -0.1) is 0 Å². The number of carbonyl (C=O) groups is 2. The second-order valence-electron chi connectivity index (χ2n) is 9.93. The van der Waals surface area contributed by atoms with Crippen LogP contribution in [0.3, 0.4) is 0 Å². The highest BCUT2D eigenvalue weighted by molar-refractivity contribution is 6.32. The van der Waals surface area contributed by atoms with E-state index in [1.54, 1.807) is 36.6 Å². The summed E-state index contributed by atoms with van der Waals surface area (Å²) in [4.78, 5) is 26.7. The van der Waals surface area contributed by atoms with Gasteiger partial charge in [0.05, 0.1) is 30.5 Å². The average Bonchev–Trinajstić information content (AvgIpc) is 3.44. The van der Waals surface area contributed by atoms with Crippen LogP contribution in [0.5, 0.6) is 5.75 Å². The van der Waals surface area contributed by atoms with Crippen molar-refractivity contribution in [2.24, 2.45) is 0 Å². The number of methoxy groups -OCH3 is 1. The molecule has 0 aliphatic carbocycles. The maximum Gasteiger partial charge on any atom is 0.230 e. The van der Waals surface area contributed by atoms with E-state index < -0.39 is 5.78 Å². The Morgan fingerprint density at radius 2 is 1.76 bits per heavy atom. The van der Waals surface area contributed by atoms with Gasteiger partial charge in [-0.2, -0.15) is 0 Å². The van der Waals surface area contributed by atoms with Crippen LogP contribution in [0.1, 0.15) is 48.0 Å². The Bertz CT molecular complexity index is 1650. The zero-order chi connectivity index (χ0) is 26.3. The molecule has 188 valence electrons. The Morgan fingerprint density at radius 3 is 2.49 bits per heavy atom. The molecular formula is C30H26ClNO5. The third kappa shape index (κ3) is 4.72. The smallest absolute Gasteiger partial charge is 0.230 e. The summed E-state index contributed by atoms with van der Waals surface area (Å²) in [5, 5.41) is 4.74. The van der Waals surface area contributed by atoms with E-state index in [2.05, 4.69) is 32.2 Å². The normalized spacial score (nSPS) is 11.7. The van der Waals surface area contributed by atoms with Gasteiger partial charge in [0.2, 0.25) is 11.7 Å². The molecule has 0 unspecified atom stereocenters. The Hall–Kier alpha value is -4.03. The van der Waals surface area contributed by atoms with Crippen LogP contribution < -0.4 is 10.1 Å². The fourth-order valence-corrected chi connectivity index (χ4v) is 4.57. The monoisotopic (exact) mass is 515 g/mol. The minimum Gasteiger partial charge on any atom is -0.495 e. The van der Waals surface area contributed by atoms with Crippen molar-refractivity contribution in [2.45, 2.75) is 32.6 Å². The van der Waals surface area contributed by atoms with Gasteiger partial charge in [-0.05, 0) is 53.4 Å². The molecule has 1 N–H and O–H groups in total. The lowest BCUT2D eigenvalue weighted by atomic mass is 9.86. The number of hydrogen-bond donors (Lipinski definition) is 1. The van der Waals surface area contributed by atoms with Gasteiger partial charge in [0, 0.05) is 21.9 Å². The number of ether oxygens (including phenoxy) is 1. The molecule has 5 rings (SSSR count). The summed E-state index contributed by atoms with van der Waals surface area (Å²) in [5.74, 6) is -0.210. The molecular weight excluding hydrogens is 490 g/mol. The fraction of sp³-hybridized carbons (Fsp3) is 0.200. The number of furan rings is 2. The highest BCUT2D eigenvalue weighted by atomic mass is 35.5. The standard InChI is InChI=1S/C30H26ClNO5/c1-30(2,3)19-10-12-23-21(15-19)18(16-36-23)14-26(33)32-27-20-7-5-6-8-24(20)37-29(27)28(34)17-9-11-25(35-4)22(31)13-17/h5-13,15-16H,14H2,1-4H3,(H,32,33). The molecule has 37 heavy (non-hydrogen) atoms. The van der Waals surface area contributed by atoms with E-state index in [1.165, 1.54) is 13.2 Å². The van der Waals surface area contributed by atoms with E-state index in [9.17, 15) is 9.59 Å². The maximum atomic E-state index is 13.4. The molecule has 1 amide bonds. The molecule has 0 bridgehead atoms. The maximum absolute atomic E-state index is 13.4. The van der Waals surface area contributed by atoms with E-state index in [0.717, 1.165) is 22.1 Å². The fourth-order valence-electron chi connectivity index (χ4n) is 4.31. The second-order valence-corrected chi connectivity index (χ2v) is 10.3. The van der Waals surface area contributed by atoms with Crippen molar-refractivity contribution >= 4 is 50.9 Å². The van der Waals surface area contributed by atoms with Crippen LogP contribution in [0.15, 0.2) is 75.8 Å². The number of benzene rings is 3. The molecule has 2 aromatic heterocycles. The van der Waals surface area contributed by atoms with Crippen molar-refractivity contribution in [3.8, 4) is 5.75 Å². The topological polar surface area (TPSA) is 81.7 Å². The number of halogens is 1.